The molecule has 0 radical (unpaired) electrons. The average Bonchev–Trinajstić information content (AvgIpc) is 2.68. The van der Waals surface area contributed by atoms with Crippen LogP contribution in [0.15, 0.2) is 53.6 Å². The number of hydrogen-bond donors (Lipinski definition) is 1. The number of sulfonamides is 1. The third-order valence-corrected chi connectivity index (χ3v) is 6.18. The molecule has 2 heterocycles. The van der Waals surface area contributed by atoms with Gasteiger partial charge in [0.25, 0.3) is 0 Å². The van der Waals surface area contributed by atoms with E-state index in [4.69, 9.17) is 4.74 Å². The lowest BCUT2D eigenvalue weighted by Crippen LogP contribution is -2.40. The summed E-state index contributed by atoms with van der Waals surface area (Å²) in [7, 11) is -3.49. The Labute approximate surface area is 148 Å². The number of nitrogens with zero attached hydrogens (tertiary/aromatic N) is 2. The third-order valence-electron chi connectivity index (χ3n) is 4.30. The van der Waals surface area contributed by atoms with E-state index in [9.17, 15) is 8.42 Å². The Bertz CT molecular complexity index is 773. The van der Waals surface area contributed by atoms with Crippen molar-refractivity contribution in [3.63, 3.8) is 0 Å². The van der Waals surface area contributed by atoms with E-state index in [1.165, 1.54) is 16.1 Å². The number of benzene rings is 1. The Kier molecular flexibility index (Phi) is 5.67. The first-order valence-corrected chi connectivity index (χ1v) is 9.84. The molecule has 25 heavy (non-hydrogen) atoms. The van der Waals surface area contributed by atoms with E-state index < -0.39 is 10.0 Å². The quantitative estimate of drug-likeness (QED) is 0.855. The molecule has 0 amide bonds. The van der Waals surface area contributed by atoms with Crippen molar-refractivity contribution < 1.29 is 13.2 Å². The van der Waals surface area contributed by atoms with Crippen LogP contribution in [-0.4, -0.2) is 50.6 Å². The van der Waals surface area contributed by atoms with Gasteiger partial charge in [0.1, 0.15) is 10.7 Å². The number of hydrogen-bond acceptors (Lipinski definition) is 5. The lowest BCUT2D eigenvalue weighted by Gasteiger charge is -2.25. The van der Waals surface area contributed by atoms with E-state index in [0.29, 0.717) is 38.0 Å². The maximum Gasteiger partial charge on any atom is 0.244 e. The second-order valence-electron chi connectivity index (χ2n) is 6.09. The first-order chi connectivity index (χ1) is 12.1. The van der Waals surface area contributed by atoms with Crippen molar-refractivity contribution in [2.75, 3.05) is 38.2 Å². The van der Waals surface area contributed by atoms with E-state index in [1.807, 2.05) is 18.2 Å². The van der Waals surface area contributed by atoms with E-state index in [0.717, 1.165) is 6.54 Å². The molecule has 1 aliphatic rings. The summed E-state index contributed by atoms with van der Waals surface area (Å²) in [4.78, 5) is 4.48. The maximum absolute atomic E-state index is 12.6. The second kappa shape index (κ2) is 7.95. The predicted molar refractivity (Wildman–Crippen MR) is 97.2 cm³/mol. The Hall–Kier alpha value is -1.96. The van der Waals surface area contributed by atoms with Crippen molar-refractivity contribution in [1.82, 2.24) is 9.29 Å². The van der Waals surface area contributed by atoms with Crippen molar-refractivity contribution in [2.24, 2.45) is 0 Å². The normalized spacial score (nSPS) is 17.2. The fourth-order valence-corrected chi connectivity index (χ4v) is 4.08. The molecule has 2 aromatic rings. The van der Waals surface area contributed by atoms with Gasteiger partial charge in [0, 0.05) is 25.8 Å². The molecule has 7 heteroatoms. The summed E-state index contributed by atoms with van der Waals surface area (Å²) in [5.74, 6) is 1.00. The van der Waals surface area contributed by atoms with E-state index in [1.54, 1.807) is 12.1 Å². The molecule has 1 aromatic carbocycles. The summed E-state index contributed by atoms with van der Waals surface area (Å²) in [5.41, 5.74) is 1.25. The van der Waals surface area contributed by atoms with Crippen molar-refractivity contribution in [1.29, 1.82) is 0 Å². The number of nitrogens with one attached hydrogen (secondary N) is 1. The van der Waals surface area contributed by atoms with Gasteiger partial charge in [-0.3, -0.25) is 0 Å². The topological polar surface area (TPSA) is 71.5 Å². The number of morpholine rings is 1. The molecule has 1 aliphatic heterocycles. The molecular weight excluding hydrogens is 338 g/mol. The summed E-state index contributed by atoms with van der Waals surface area (Å²) in [5, 5.41) is 3.26. The minimum absolute atomic E-state index is 0.219. The summed E-state index contributed by atoms with van der Waals surface area (Å²) < 4.78 is 31.8. The van der Waals surface area contributed by atoms with Crippen molar-refractivity contribution >= 4 is 15.8 Å². The summed E-state index contributed by atoms with van der Waals surface area (Å²) in [6.07, 6.45) is 1.42. The zero-order valence-electron chi connectivity index (χ0n) is 14.3. The van der Waals surface area contributed by atoms with Gasteiger partial charge in [-0.1, -0.05) is 37.3 Å². The van der Waals surface area contributed by atoms with Crippen LogP contribution in [-0.2, 0) is 14.8 Å². The molecular formula is C18H23N3O3S. The Morgan fingerprint density at radius 3 is 2.52 bits per heavy atom. The molecule has 6 nitrogen and oxygen atoms in total. The van der Waals surface area contributed by atoms with Gasteiger partial charge in [0.15, 0.2) is 0 Å². The molecule has 1 N–H and O–H groups in total. The van der Waals surface area contributed by atoms with Crippen molar-refractivity contribution in [3.8, 4) is 0 Å². The number of rotatable bonds is 6. The molecule has 0 unspecified atom stereocenters. The largest absolute Gasteiger partial charge is 0.379 e. The van der Waals surface area contributed by atoms with E-state index in [2.05, 4.69) is 29.4 Å². The lowest BCUT2D eigenvalue weighted by molar-refractivity contribution is 0.0730. The highest BCUT2D eigenvalue weighted by atomic mass is 32.2. The molecule has 0 bridgehead atoms. The Morgan fingerprint density at radius 1 is 1.16 bits per heavy atom. The highest BCUT2D eigenvalue weighted by molar-refractivity contribution is 7.89. The monoisotopic (exact) mass is 361 g/mol. The molecule has 134 valence electrons. The predicted octanol–water partition coefficient (Wildman–Crippen LogP) is 2.32. The van der Waals surface area contributed by atoms with Crippen LogP contribution in [0.5, 0.6) is 0 Å². The zero-order valence-corrected chi connectivity index (χ0v) is 15.1. The van der Waals surface area contributed by atoms with Gasteiger partial charge >= 0.3 is 0 Å². The molecule has 1 aromatic heterocycles. The van der Waals surface area contributed by atoms with Crippen LogP contribution in [0.3, 0.4) is 0 Å². The minimum Gasteiger partial charge on any atom is -0.379 e. The van der Waals surface area contributed by atoms with Gasteiger partial charge in [-0.15, -0.1) is 0 Å². The summed E-state index contributed by atoms with van der Waals surface area (Å²) in [6.45, 7) is 4.51. The van der Waals surface area contributed by atoms with Crippen LogP contribution >= 0.6 is 0 Å². The van der Waals surface area contributed by atoms with Crippen LogP contribution in [0.25, 0.3) is 0 Å². The van der Waals surface area contributed by atoms with Crippen molar-refractivity contribution in [3.05, 3.63) is 54.2 Å². The summed E-state index contributed by atoms with van der Waals surface area (Å²) >= 11 is 0. The molecule has 0 spiro atoms. The van der Waals surface area contributed by atoms with Crippen LogP contribution in [0, 0.1) is 0 Å². The number of pyridine rings is 1. The van der Waals surface area contributed by atoms with Crippen molar-refractivity contribution in [2.45, 2.75) is 17.7 Å². The average molecular weight is 361 g/mol. The van der Waals surface area contributed by atoms with Gasteiger partial charge in [-0.05, 0) is 23.6 Å². The van der Waals surface area contributed by atoms with E-state index >= 15 is 0 Å². The molecule has 1 saturated heterocycles. The highest BCUT2D eigenvalue weighted by Crippen LogP contribution is 2.19. The van der Waals surface area contributed by atoms with Gasteiger partial charge in [-0.2, -0.15) is 4.31 Å². The Balaban J connectivity index is 1.62. The fraction of sp³-hybridized carbons (Fsp3) is 0.389. The first-order valence-electron chi connectivity index (χ1n) is 8.40. The molecule has 0 aliphatic carbocycles. The molecule has 1 atom stereocenters. The molecule has 3 rings (SSSR count). The maximum atomic E-state index is 12.6. The third kappa shape index (κ3) is 4.36. The fourth-order valence-electron chi connectivity index (χ4n) is 2.73. The smallest absolute Gasteiger partial charge is 0.244 e. The van der Waals surface area contributed by atoms with Gasteiger partial charge in [0.2, 0.25) is 10.0 Å². The van der Waals surface area contributed by atoms with Gasteiger partial charge in [-0.25, -0.2) is 13.4 Å². The van der Waals surface area contributed by atoms with E-state index in [-0.39, 0.29) is 4.90 Å². The van der Waals surface area contributed by atoms with Crippen LogP contribution in [0.4, 0.5) is 5.82 Å². The minimum atomic E-state index is -3.49. The zero-order chi connectivity index (χ0) is 17.7. The standard InChI is InChI=1S/C18H23N3O3S/c1-15(16-5-3-2-4-6-16)13-19-18-8-7-17(14-20-18)25(22,23)21-9-11-24-12-10-21/h2-8,14-15H,9-13H2,1H3,(H,19,20)/t15-/m0/s1. The lowest BCUT2D eigenvalue weighted by atomic mass is 10.0. The molecule has 0 saturated carbocycles. The number of ether oxygens (including phenoxy) is 1. The SMILES string of the molecule is C[C@@H](CNc1ccc(S(=O)(=O)N2CCOCC2)cn1)c1ccccc1. The van der Waals surface area contributed by atoms with Gasteiger partial charge < -0.3 is 10.1 Å². The van der Waals surface area contributed by atoms with Gasteiger partial charge in [0.05, 0.1) is 13.2 Å². The summed E-state index contributed by atoms with van der Waals surface area (Å²) in [6, 6.07) is 13.6. The highest BCUT2D eigenvalue weighted by Gasteiger charge is 2.26. The second-order valence-corrected chi connectivity index (χ2v) is 8.03. The number of anilines is 1. The Morgan fingerprint density at radius 2 is 1.88 bits per heavy atom. The van der Waals surface area contributed by atoms with Crippen LogP contribution in [0.2, 0.25) is 0 Å². The van der Waals surface area contributed by atoms with Crippen LogP contribution in [0.1, 0.15) is 18.4 Å². The molecule has 1 fully saturated rings. The first kappa shape index (κ1) is 17.8. The number of aromatic nitrogens is 1. The van der Waals surface area contributed by atoms with Crippen LogP contribution < -0.4 is 5.32 Å².